The van der Waals surface area contributed by atoms with E-state index >= 15 is 26.3 Å². The SMILES string of the molecule is CC(C)(C)c1ccc2c(c1)c1cc(C(C)(C)C)ccc1n2-c1ccc(-c2c(C(F)(F)F)cccc2C(F)(F)F)c(-c2cc(C#N)ccc2-n2c3ccc(C(C)(C)C)cc3c3cc(C(C)(C)C)ccc32)c1. The maximum atomic E-state index is 15.3. The van der Waals surface area contributed by atoms with E-state index in [-0.39, 0.29) is 43.9 Å². The van der Waals surface area contributed by atoms with Crippen molar-refractivity contribution in [3.05, 3.63) is 166 Å². The Morgan fingerprint density at radius 3 is 1.13 bits per heavy atom. The van der Waals surface area contributed by atoms with Crippen LogP contribution in [0.3, 0.4) is 0 Å². The Morgan fingerprint density at radius 2 is 0.771 bits per heavy atom. The van der Waals surface area contributed by atoms with Gasteiger partial charge in [-0.15, -0.1) is 0 Å². The lowest BCUT2D eigenvalue weighted by Crippen LogP contribution is -2.14. The molecule has 9 rings (SSSR count). The lowest BCUT2D eigenvalue weighted by Gasteiger charge is -2.24. The van der Waals surface area contributed by atoms with Crippen LogP contribution in [0.1, 0.15) is 122 Å². The second-order valence-corrected chi connectivity index (χ2v) is 22.9. The predicted molar refractivity (Wildman–Crippen MR) is 276 cm³/mol. The monoisotopic (exact) mass is 945 g/mol. The molecule has 0 aliphatic rings. The standard InChI is InChI=1S/C61H57F6N3/c1-56(2,3)36-17-24-50-44(29-36)45-30-37(57(4,5)6)18-25-51(45)69(50)40-21-22-41(55-48(60(62,63)64)14-13-15-49(55)61(65,66)67)42(33-40)43-28-35(34-68)16-23-52(43)70-53-26-19-38(58(7,8)9)31-46(53)47-32-39(59(10,11)12)20-27-54(47)70/h13-33H,1-12H3. The molecule has 0 N–H and O–H groups in total. The number of alkyl halides is 6. The van der Waals surface area contributed by atoms with Crippen LogP contribution < -0.4 is 0 Å². The van der Waals surface area contributed by atoms with Crippen LogP contribution in [-0.4, -0.2) is 9.13 Å². The summed E-state index contributed by atoms with van der Waals surface area (Å²) in [4.78, 5) is 0. The molecule has 0 radical (unpaired) electrons. The molecular formula is C61H57F6N3. The quantitative estimate of drug-likeness (QED) is 0.162. The van der Waals surface area contributed by atoms with Crippen molar-refractivity contribution < 1.29 is 26.3 Å². The van der Waals surface area contributed by atoms with Gasteiger partial charge in [0.25, 0.3) is 0 Å². The van der Waals surface area contributed by atoms with Gasteiger partial charge in [-0.3, -0.25) is 0 Å². The summed E-state index contributed by atoms with van der Waals surface area (Å²) >= 11 is 0. The van der Waals surface area contributed by atoms with Gasteiger partial charge in [-0.25, -0.2) is 0 Å². The van der Waals surface area contributed by atoms with Crippen LogP contribution in [0, 0.1) is 11.3 Å². The van der Waals surface area contributed by atoms with Gasteiger partial charge in [0.05, 0.1) is 50.5 Å². The fourth-order valence-corrected chi connectivity index (χ4v) is 9.89. The van der Waals surface area contributed by atoms with Crippen LogP contribution in [0.5, 0.6) is 0 Å². The number of fused-ring (bicyclic) bond motifs is 6. The smallest absolute Gasteiger partial charge is 0.309 e. The van der Waals surface area contributed by atoms with E-state index in [0.717, 1.165) is 71.9 Å². The summed E-state index contributed by atoms with van der Waals surface area (Å²) in [6, 6.07) is 39.2. The highest BCUT2D eigenvalue weighted by molar-refractivity contribution is 6.12. The van der Waals surface area contributed by atoms with Gasteiger partial charge in [-0.05, 0) is 146 Å². The normalized spacial score (nSPS) is 13.3. The van der Waals surface area contributed by atoms with E-state index in [1.807, 2.05) is 33.4 Å². The minimum atomic E-state index is -5.16. The highest BCUT2D eigenvalue weighted by Crippen LogP contribution is 2.50. The first kappa shape index (κ1) is 48.2. The van der Waals surface area contributed by atoms with E-state index in [0.29, 0.717) is 23.5 Å². The van der Waals surface area contributed by atoms with E-state index in [2.05, 4.69) is 138 Å². The topological polar surface area (TPSA) is 33.6 Å². The Labute approximate surface area is 406 Å². The molecule has 0 amide bonds. The zero-order valence-corrected chi connectivity index (χ0v) is 41.7. The molecule has 9 aromatic rings. The summed E-state index contributed by atoms with van der Waals surface area (Å²) in [5.41, 5.74) is 4.23. The number of nitrogens with zero attached hydrogens (tertiary/aromatic N) is 3. The molecule has 0 fully saturated rings. The number of nitriles is 1. The summed E-state index contributed by atoms with van der Waals surface area (Å²) in [7, 11) is 0. The van der Waals surface area contributed by atoms with Crippen LogP contribution in [0.2, 0.25) is 0 Å². The molecule has 0 unspecified atom stereocenters. The fourth-order valence-electron chi connectivity index (χ4n) is 9.89. The largest absolute Gasteiger partial charge is 0.417 e. The Morgan fingerprint density at radius 1 is 0.386 bits per heavy atom. The van der Waals surface area contributed by atoms with E-state index in [9.17, 15) is 5.26 Å². The first-order valence-electron chi connectivity index (χ1n) is 23.6. The molecule has 2 aromatic heterocycles. The maximum Gasteiger partial charge on any atom is 0.417 e. The molecule has 9 heteroatoms. The molecule has 7 aromatic carbocycles. The number of rotatable bonds is 4. The molecule has 0 bridgehead atoms. The third-order valence-corrected chi connectivity index (χ3v) is 13.9. The number of aromatic nitrogens is 2. The van der Waals surface area contributed by atoms with E-state index in [1.165, 1.54) is 6.07 Å². The van der Waals surface area contributed by atoms with Crippen LogP contribution in [0.25, 0.3) is 77.2 Å². The number of benzene rings is 7. The second-order valence-electron chi connectivity index (χ2n) is 22.9. The van der Waals surface area contributed by atoms with Gasteiger partial charge >= 0.3 is 12.4 Å². The molecule has 358 valence electrons. The van der Waals surface area contributed by atoms with Crippen LogP contribution in [0.4, 0.5) is 26.3 Å². The van der Waals surface area contributed by atoms with Gasteiger partial charge in [0.2, 0.25) is 0 Å². The second kappa shape index (κ2) is 16.1. The molecule has 70 heavy (non-hydrogen) atoms. The molecule has 0 atom stereocenters. The van der Waals surface area contributed by atoms with Crippen molar-refractivity contribution in [3.8, 4) is 39.7 Å². The van der Waals surface area contributed by atoms with Gasteiger partial charge in [0, 0.05) is 38.4 Å². The molecule has 2 heterocycles. The Kier molecular flexibility index (Phi) is 11.1. The van der Waals surface area contributed by atoms with E-state index < -0.39 is 29.0 Å². The minimum Gasteiger partial charge on any atom is -0.309 e. The summed E-state index contributed by atoms with van der Waals surface area (Å²) in [5.74, 6) is 0. The fraction of sp³-hybridized carbons (Fsp3) is 0.295. The van der Waals surface area contributed by atoms with Gasteiger partial charge < -0.3 is 9.13 Å². The highest BCUT2D eigenvalue weighted by atomic mass is 19.4. The molecule has 0 aliphatic carbocycles. The van der Waals surface area contributed by atoms with Crippen molar-refractivity contribution in [3.63, 3.8) is 0 Å². The van der Waals surface area contributed by atoms with Crippen molar-refractivity contribution in [1.82, 2.24) is 9.13 Å². The molecule has 0 spiro atoms. The average molecular weight is 946 g/mol. The summed E-state index contributed by atoms with van der Waals surface area (Å²) < 4.78 is 95.9. The van der Waals surface area contributed by atoms with Crippen molar-refractivity contribution in [2.45, 2.75) is 117 Å². The minimum absolute atomic E-state index is 0.0899. The zero-order valence-electron chi connectivity index (χ0n) is 41.7. The molecule has 0 aliphatic heterocycles. The Hall–Kier alpha value is -6.79. The number of hydrogen-bond acceptors (Lipinski definition) is 1. The lowest BCUT2D eigenvalue weighted by atomic mass is 9.85. The van der Waals surface area contributed by atoms with Crippen molar-refractivity contribution in [2.75, 3.05) is 0 Å². The Balaban J connectivity index is 1.46. The number of hydrogen-bond donors (Lipinski definition) is 0. The molecule has 3 nitrogen and oxygen atoms in total. The first-order valence-corrected chi connectivity index (χ1v) is 23.6. The molecular weight excluding hydrogens is 889 g/mol. The van der Waals surface area contributed by atoms with Crippen LogP contribution in [-0.2, 0) is 34.0 Å². The third kappa shape index (κ3) is 8.33. The third-order valence-electron chi connectivity index (χ3n) is 13.9. The summed E-state index contributed by atoms with van der Waals surface area (Å²) in [6.07, 6.45) is -10.3. The van der Waals surface area contributed by atoms with Crippen LogP contribution in [0.15, 0.2) is 127 Å². The maximum absolute atomic E-state index is 15.3. The predicted octanol–water partition coefficient (Wildman–Crippen LogP) is 18.3. The van der Waals surface area contributed by atoms with Crippen molar-refractivity contribution >= 4 is 43.6 Å². The van der Waals surface area contributed by atoms with Gasteiger partial charge in [0.15, 0.2) is 0 Å². The van der Waals surface area contributed by atoms with Gasteiger partial charge in [0.1, 0.15) is 0 Å². The van der Waals surface area contributed by atoms with Crippen molar-refractivity contribution in [1.29, 1.82) is 5.26 Å². The molecule has 0 saturated heterocycles. The summed E-state index contributed by atoms with van der Waals surface area (Å²) in [6.45, 7) is 25.7. The van der Waals surface area contributed by atoms with Crippen molar-refractivity contribution in [2.24, 2.45) is 0 Å². The van der Waals surface area contributed by atoms with Crippen LogP contribution >= 0.6 is 0 Å². The van der Waals surface area contributed by atoms with Gasteiger partial charge in [-0.1, -0.05) is 119 Å². The highest BCUT2D eigenvalue weighted by Gasteiger charge is 2.42. The van der Waals surface area contributed by atoms with Gasteiger partial charge in [-0.2, -0.15) is 31.6 Å². The summed E-state index contributed by atoms with van der Waals surface area (Å²) in [5, 5.41) is 14.3. The Bertz CT molecular complexity index is 3440. The van der Waals surface area contributed by atoms with E-state index in [1.54, 1.807) is 30.3 Å². The molecule has 0 saturated carbocycles. The zero-order chi connectivity index (χ0) is 50.8. The van der Waals surface area contributed by atoms with E-state index in [4.69, 9.17) is 0 Å². The average Bonchev–Trinajstić information content (AvgIpc) is 3.78. The first-order chi connectivity index (χ1) is 32.5. The number of halogens is 6. The lowest BCUT2D eigenvalue weighted by molar-refractivity contribution is -0.142.